The molecule has 1 N–H and O–H groups in total. The van der Waals surface area contributed by atoms with Crippen LogP contribution in [-0.4, -0.2) is 42.9 Å². The molecule has 0 spiro atoms. The zero-order chi connectivity index (χ0) is 13.5. The van der Waals surface area contributed by atoms with Crippen LogP contribution in [0.3, 0.4) is 0 Å². The number of benzene rings is 1. The van der Waals surface area contributed by atoms with E-state index in [1.54, 1.807) is 0 Å². The van der Waals surface area contributed by atoms with Gasteiger partial charge in [-0.05, 0) is 44.2 Å². The summed E-state index contributed by atoms with van der Waals surface area (Å²) in [5, 5.41) is 8.62. The van der Waals surface area contributed by atoms with E-state index in [9.17, 15) is 0 Å². The molecule has 0 heterocycles. The largest absolute Gasteiger partial charge is 0.492 e. The highest BCUT2D eigenvalue weighted by Gasteiger charge is 2.21. The third-order valence-corrected chi connectivity index (χ3v) is 3.58. The van der Waals surface area contributed by atoms with E-state index >= 15 is 0 Å². The van der Waals surface area contributed by atoms with Crippen LogP contribution in [0, 0.1) is 11.8 Å². The second-order valence-electron chi connectivity index (χ2n) is 4.90. The van der Waals surface area contributed by atoms with Gasteiger partial charge in [-0.15, -0.1) is 0 Å². The first-order valence-electron chi connectivity index (χ1n) is 6.82. The molecule has 0 bridgehead atoms. The predicted molar refractivity (Wildman–Crippen MR) is 76.2 cm³/mol. The molecule has 19 heavy (non-hydrogen) atoms. The maximum Gasteiger partial charge on any atom is 0.119 e. The second-order valence-corrected chi connectivity index (χ2v) is 4.90. The summed E-state index contributed by atoms with van der Waals surface area (Å²) in [5.74, 6) is 6.36. The molecule has 2 rings (SSSR count). The van der Waals surface area contributed by atoms with Crippen molar-refractivity contribution in [1.82, 2.24) is 4.90 Å². The molecule has 3 nitrogen and oxygen atoms in total. The van der Waals surface area contributed by atoms with Gasteiger partial charge < -0.3 is 14.7 Å². The first-order chi connectivity index (χ1) is 9.29. The minimum absolute atomic E-state index is 0.105. The normalized spacial score (nSPS) is 14.7. The molecule has 0 radical (unpaired) electrons. The van der Waals surface area contributed by atoms with Gasteiger partial charge in [0.15, 0.2) is 0 Å². The summed E-state index contributed by atoms with van der Waals surface area (Å²) in [6.45, 7) is 1.58. The van der Waals surface area contributed by atoms with E-state index in [1.807, 2.05) is 24.3 Å². The molecule has 3 heteroatoms. The van der Waals surface area contributed by atoms with E-state index < -0.39 is 0 Å². The van der Waals surface area contributed by atoms with E-state index in [0.29, 0.717) is 6.61 Å². The highest BCUT2D eigenvalue weighted by atomic mass is 16.5. The lowest BCUT2D eigenvalue weighted by molar-refractivity contribution is 0.135. The second kappa shape index (κ2) is 7.18. The molecule has 1 aliphatic rings. The molecular formula is C16H21NO2. The Morgan fingerprint density at radius 2 is 2.05 bits per heavy atom. The van der Waals surface area contributed by atoms with Crippen molar-refractivity contribution in [2.24, 2.45) is 0 Å². The molecule has 0 atom stereocenters. The number of ether oxygens (including phenoxy) is 1. The van der Waals surface area contributed by atoms with Crippen LogP contribution < -0.4 is 4.74 Å². The highest BCUT2D eigenvalue weighted by molar-refractivity contribution is 5.38. The first-order valence-corrected chi connectivity index (χ1v) is 6.82. The van der Waals surface area contributed by atoms with E-state index in [4.69, 9.17) is 9.84 Å². The van der Waals surface area contributed by atoms with Crippen LogP contribution in [0.25, 0.3) is 0 Å². The van der Waals surface area contributed by atoms with Gasteiger partial charge in [0.2, 0.25) is 0 Å². The summed E-state index contributed by atoms with van der Waals surface area (Å²) in [6, 6.07) is 8.43. The molecule has 1 aromatic carbocycles. The summed E-state index contributed by atoms with van der Waals surface area (Å²) in [4.78, 5) is 2.38. The fraction of sp³-hybridized carbons (Fsp3) is 0.500. The number of rotatable bonds is 5. The van der Waals surface area contributed by atoms with Gasteiger partial charge in [-0.3, -0.25) is 0 Å². The summed E-state index contributed by atoms with van der Waals surface area (Å²) in [5.41, 5.74) is 0.896. The molecular weight excluding hydrogens is 238 g/mol. The van der Waals surface area contributed by atoms with Crippen molar-refractivity contribution in [2.45, 2.75) is 25.3 Å². The zero-order valence-corrected chi connectivity index (χ0v) is 11.4. The van der Waals surface area contributed by atoms with Crippen molar-refractivity contribution >= 4 is 0 Å². The number of hydrogen-bond donors (Lipinski definition) is 1. The minimum atomic E-state index is -0.105. The predicted octanol–water partition coefficient (Wildman–Crippen LogP) is 1.89. The SMILES string of the molecule is CN(CCOc1ccc(C#CCO)cc1)C1CCC1. The summed E-state index contributed by atoms with van der Waals surface area (Å²) >= 11 is 0. The van der Waals surface area contributed by atoms with Crippen LogP contribution in [0.2, 0.25) is 0 Å². The number of likely N-dealkylation sites (N-methyl/N-ethyl adjacent to an activating group) is 1. The highest BCUT2D eigenvalue weighted by Crippen LogP contribution is 2.23. The quantitative estimate of drug-likeness (QED) is 0.820. The molecule has 0 saturated heterocycles. The fourth-order valence-electron chi connectivity index (χ4n) is 2.09. The molecule has 0 aromatic heterocycles. The Morgan fingerprint density at radius 3 is 2.63 bits per heavy atom. The standard InChI is InChI=1S/C16H21NO2/c1-17(15-5-2-6-15)11-13-19-16-9-7-14(8-10-16)4-3-12-18/h7-10,15,18H,2,5-6,11-13H2,1H3. The molecule has 0 unspecified atom stereocenters. The van der Waals surface area contributed by atoms with Gasteiger partial charge in [-0.2, -0.15) is 0 Å². The van der Waals surface area contributed by atoms with E-state index in [2.05, 4.69) is 23.8 Å². The van der Waals surface area contributed by atoms with Gasteiger partial charge in [0.05, 0.1) is 0 Å². The molecule has 1 fully saturated rings. The van der Waals surface area contributed by atoms with Gasteiger partial charge in [0, 0.05) is 18.2 Å². The third kappa shape index (κ3) is 4.27. The Kier molecular flexibility index (Phi) is 5.26. The molecule has 0 aliphatic heterocycles. The number of aliphatic hydroxyl groups excluding tert-OH is 1. The molecule has 102 valence electrons. The average Bonchev–Trinajstić information content (AvgIpc) is 2.36. The molecule has 1 aromatic rings. The molecule has 1 aliphatic carbocycles. The smallest absolute Gasteiger partial charge is 0.119 e. The maximum absolute atomic E-state index is 8.62. The Bertz CT molecular complexity index is 440. The average molecular weight is 259 g/mol. The van der Waals surface area contributed by atoms with Crippen LogP contribution in [0.1, 0.15) is 24.8 Å². The van der Waals surface area contributed by atoms with Crippen LogP contribution in [0.5, 0.6) is 5.75 Å². The third-order valence-electron chi connectivity index (χ3n) is 3.58. The van der Waals surface area contributed by atoms with Gasteiger partial charge in [0.25, 0.3) is 0 Å². The number of nitrogens with zero attached hydrogens (tertiary/aromatic N) is 1. The van der Waals surface area contributed by atoms with Gasteiger partial charge in [-0.25, -0.2) is 0 Å². The lowest BCUT2D eigenvalue weighted by Crippen LogP contribution is -2.39. The lowest BCUT2D eigenvalue weighted by atomic mass is 9.92. The Balaban J connectivity index is 1.73. The van der Waals surface area contributed by atoms with Crippen molar-refractivity contribution < 1.29 is 9.84 Å². The monoisotopic (exact) mass is 259 g/mol. The Hall–Kier alpha value is -1.50. The summed E-state index contributed by atoms with van der Waals surface area (Å²) in [6.07, 6.45) is 4.02. The molecule has 1 saturated carbocycles. The molecule has 0 amide bonds. The van der Waals surface area contributed by atoms with Crippen LogP contribution in [-0.2, 0) is 0 Å². The van der Waals surface area contributed by atoms with Crippen molar-refractivity contribution in [1.29, 1.82) is 0 Å². The number of aliphatic hydroxyl groups is 1. The van der Waals surface area contributed by atoms with Crippen LogP contribution in [0.4, 0.5) is 0 Å². The minimum Gasteiger partial charge on any atom is -0.492 e. The summed E-state index contributed by atoms with van der Waals surface area (Å²) in [7, 11) is 2.17. The van der Waals surface area contributed by atoms with Crippen molar-refractivity contribution in [3.8, 4) is 17.6 Å². The van der Waals surface area contributed by atoms with Gasteiger partial charge >= 0.3 is 0 Å². The van der Waals surface area contributed by atoms with E-state index in [-0.39, 0.29) is 6.61 Å². The Labute approximate surface area is 115 Å². The van der Waals surface area contributed by atoms with Crippen molar-refractivity contribution in [2.75, 3.05) is 26.8 Å². The van der Waals surface area contributed by atoms with Gasteiger partial charge in [0.1, 0.15) is 19.0 Å². The topological polar surface area (TPSA) is 32.7 Å². The first kappa shape index (κ1) is 13.9. The fourth-order valence-corrected chi connectivity index (χ4v) is 2.09. The zero-order valence-electron chi connectivity index (χ0n) is 11.4. The maximum atomic E-state index is 8.62. The summed E-state index contributed by atoms with van der Waals surface area (Å²) < 4.78 is 5.72. The van der Waals surface area contributed by atoms with Crippen molar-refractivity contribution in [3.63, 3.8) is 0 Å². The number of hydrogen-bond acceptors (Lipinski definition) is 3. The van der Waals surface area contributed by atoms with Crippen LogP contribution >= 0.6 is 0 Å². The Morgan fingerprint density at radius 1 is 1.32 bits per heavy atom. The van der Waals surface area contributed by atoms with E-state index in [0.717, 1.165) is 23.9 Å². The van der Waals surface area contributed by atoms with Crippen LogP contribution in [0.15, 0.2) is 24.3 Å². The van der Waals surface area contributed by atoms with Gasteiger partial charge in [-0.1, -0.05) is 18.3 Å². The van der Waals surface area contributed by atoms with E-state index in [1.165, 1.54) is 19.3 Å². The van der Waals surface area contributed by atoms with Crippen molar-refractivity contribution in [3.05, 3.63) is 29.8 Å². The lowest BCUT2D eigenvalue weighted by Gasteiger charge is -2.34.